The molecular weight excluding hydrogens is 372 g/mol. The van der Waals surface area contributed by atoms with E-state index in [1.165, 1.54) is 4.68 Å². The Morgan fingerprint density at radius 3 is 2.55 bits per heavy atom. The van der Waals surface area contributed by atoms with E-state index in [1.54, 1.807) is 24.3 Å². The van der Waals surface area contributed by atoms with Gasteiger partial charge in [0.05, 0.1) is 18.4 Å². The van der Waals surface area contributed by atoms with Gasteiger partial charge in [-0.1, -0.05) is 51.8 Å². The Hall–Kier alpha value is -2.74. The standard InChI is InChI=1S/C21H30N4O4/c1-4-5-8-12-25-21(28)17-10-7-6-9-16(17)19(24-25)20(27)23-22-18(26)11-13-29-14-15(2)3/h6-7,9-10,15H,4-5,8,11-14H2,1-3H3,(H,22,26)(H,23,27). The lowest BCUT2D eigenvalue weighted by atomic mass is 10.1. The second-order valence-corrected chi connectivity index (χ2v) is 7.35. The Morgan fingerprint density at radius 2 is 1.86 bits per heavy atom. The first-order valence-electron chi connectivity index (χ1n) is 10.1. The minimum absolute atomic E-state index is 0.105. The van der Waals surface area contributed by atoms with Crippen LogP contribution in [-0.2, 0) is 16.1 Å². The van der Waals surface area contributed by atoms with Crippen LogP contribution in [0.4, 0.5) is 0 Å². The number of unbranched alkanes of at least 4 members (excludes halogenated alkanes) is 2. The summed E-state index contributed by atoms with van der Waals surface area (Å²) in [6.07, 6.45) is 2.92. The van der Waals surface area contributed by atoms with Gasteiger partial charge in [-0.3, -0.25) is 25.2 Å². The molecule has 1 aromatic carbocycles. The number of rotatable bonds is 10. The van der Waals surface area contributed by atoms with Crippen LogP contribution in [0, 0.1) is 5.92 Å². The summed E-state index contributed by atoms with van der Waals surface area (Å²) < 4.78 is 6.69. The molecule has 0 aliphatic rings. The van der Waals surface area contributed by atoms with Crippen LogP contribution in [0.5, 0.6) is 0 Å². The number of nitrogens with zero attached hydrogens (tertiary/aromatic N) is 2. The van der Waals surface area contributed by atoms with Crippen molar-refractivity contribution >= 4 is 22.6 Å². The number of hydrogen-bond donors (Lipinski definition) is 2. The van der Waals surface area contributed by atoms with Crippen LogP contribution in [-0.4, -0.2) is 34.8 Å². The van der Waals surface area contributed by atoms with Gasteiger partial charge in [-0.25, -0.2) is 4.68 Å². The zero-order chi connectivity index (χ0) is 21.2. The van der Waals surface area contributed by atoms with Crippen molar-refractivity contribution in [2.75, 3.05) is 13.2 Å². The van der Waals surface area contributed by atoms with E-state index >= 15 is 0 Å². The van der Waals surface area contributed by atoms with E-state index in [9.17, 15) is 14.4 Å². The van der Waals surface area contributed by atoms with Gasteiger partial charge in [0.15, 0.2) is 5.69 Å². The molecule has 0 radical (unpaired) electrons. The lowest BCUT2D eigenvalue weighted by molar-refractivity contribution is -0.123. The number of aryl methyl sites for hydroxylation is 1. The molecule has 8 heteroatoms. The number of nitrogens with one attached hydrogen (secondary N) is 2. The van der Waals surface area contributed by atoms with Gasteiger partial charge in [-0.05, 0) is 18.4 Å². The quantitative estimate of drug-likeness (QED) is 0.469. The molecule has 158 valence electrons. The van der Waals surface area contributed by atoms with Crippen LogP contribution in [0.25, 0.3) is 10.8 Å². The minimum Gasteiger partial charge on any atom is -0.381 e. The highest BCUT2D eigenvalue weighted by Gasteiger charge is 2.17. The monoisotopic (exact) mass is 402 g/mol. The first-order chi connectivity index (χ1) is 13.9. The van der Waals surface area contributed by atoms with Crippen molar-refractivity contribution < 1.29 is 14.3 Å². The molecule has 0 bridgehead atoms. The Morgan fingerprint density at radius 1 is 1.14 bits per heavy atom. The molecular formula is C21H30N4O4. The number of fused-ring (bicyclic) bond motifs is 1. The second kappa shape index (κ2) is 11.3. The van der Waals surface area contributed by atoms with Gasteiger partial charge in [-0.2, -0.15) is 5.10 Å². The van der Waals surface area contributed by atoms with Gasteiger partial charge in [0.2, 0.25) is 5.91 Å². The third kappa shape index (κ3) is 6.67. The molecule has 0 saturated carbocycles. The fourth-order valence-electron chi connectivity index (χ4n) is 2.80. The molecule has 0 spiro atoms. The molecule has 0 fully saturated rings. The number of hydrazine groups is 1. The van der Waals surface area contributed by atoms with Gasteiger partial charge in [0.25, 0.3) is 11.5 Å². The highest BCUT2D eigenvalue weighted by atomic mass is 16.5. The summed E-state index contributed by atoms with van der Waals surface area (Å²) in [5.41, 5.74) is 4.64. The Balaban J connectivity index is 2.08. The summed E-state index contributed by atoms with van der Waals surface area (Å²) in [7, 11) is 0. The smallest absolute Gasteiger partial charge is 0.290 e. The number of carbonyl (C=O) groups is 2. The zero-order valence-corrected chi connectivity index (χ0v) is 17.4. The third-order valence-corrected chi connectivity index (χ3v) is 4.30. The molecule has 0 atom stereocenters. The van der Waals surface area contributed by atoms with Crippen LogP contribution in [0.3, 0.4) is 0 Å². The van der Waals surface area contributed by atoms with E-state index in [2.05, 4.69) is 22.9 Å². The SMILES string of the molecule is CCCCCn1nc(C(=O)NNC(=O)CCOCC(C)C)c2ccccc2c1=O. The van der Waals surface area contributed by atoms with Crippen LogP contribution in [0.15, 0.2) is 29.1 Å². The average molecular weight is 402 g/mol. The lowest BCUT2D eigenvalue weighted by Gasteiger charge is -2.12. The van der Waals surface area contributed by atoms with Crippen LogP contribution >= 0.6 is 0 Å². The van der Waals surface area contributed by atoms with E-state index in [-0.39, 0.29) is 30.2 Å². The summed E-state index contributed by atoms with van der Waals surface area (Å²) in [5.74, 6) is -0.533. The second-order valence-electron chi connectivity index (χ2n) is 7.35. The predicted molar refractivity (Wildman–Crippen MR) is 111 cm³/mol. The average Bonchev–Trinajstić information content (AvgIpc) is 2.71. The fourth-order valence-corrected chi connectivity index (χ4v) is 2.80. The van der Waals surface area contributed by atoms with E-state index in [0.29, 0.717) is 29.8 Å². The van der Waals surface area contributed by atoms with Crippen molar-refractivity contribution in [2.24, 2.45) is 5.92 Å². The molecule has 0 saturated heterocycles. The molecule has 2 amide bonds. The lowest BCUT2D eigenvalue weighted by Crippen LogP contribution is -2.43. The number of carbonyl (C=O) groups excluding carboxylic acids is 2. The topological polar surface area (TPSA) is 102 Å². The van der Waals surface area contributed by atoms with Crippen molar-refractivity contribution in [3.63, 3.8) is 0 Å². The summed E-state index contributed by atoms with van der Waals surface area (Å²) in [6, 6.07) is 6.85. The molecule has 0 aliphatic carbocycles. The van der Waals surface area contributed by atoms with E-state index in [4.69, 9.17) is 4.74 Å². The first-order valence-corrected chi connectivity index (χ1v) is 10.1. The molecule has 8 nitrogen and oxygen atoms in total. The molecule has 1 heterocycles. The highest BCUT2D eigenvalue weighted by molar-refractivity contribution is 6.05. The van der Waals surface area contributed by atoms with Crippen molar-refractivity contribution in [3.8, 4) is 0 Å². The molecule has 29 heavy (non-hydrogen) atoms. The number of benzene rings is 1. The third-order valence-electron chi connectivity index (χ3n) is 4.30. The van der Waals surface area contributed by atoms with Gasteiger partial charge >= 0.3 is 0 Å². The molecule has 0 unspecified atom stereocenters. The summed E-state index contributed by atoms with van der Waals surface area (Å²) >= 11 is 0. The van der Waals surface area contributed by atoms with Crippen LogP contribution in [0.1, 0.15) is 56.9 Å². The highest BCUT2D eigenvalue weighted by Crippen LogP contribution is 2.13. The fraction of sp³-hybridized carbons (Fsp3) is 0.524. The molecule has 1 aromatic heterocycles. The van der Waals surface area contributed by atoms with Crippen LogP contribution < -0.4 is 16.4 Å². The number of amides is 2. The predicted octanol–water partition coefficient (Wildman–Crippen LogP) is 2.41. The van der Waals surface area contributed by atoms with Crippen molar-refractivity contribution in [1.29, 1.82) is 0 Å². The number of ether oxygens (including phenoxy) is 1. The maximum Gasteiger partial charge on any atom is 0.290 e. The largest absolute Gasteiger partial charge is 0.381 e. The van der Waals surface area contributed by atoms with E-state index in [1.807, 2.05) is 13.8 Å². The summed E-state index contributed by atoms with van der Waals surface area (Å²) in [4.78, 5) is 37.2. The van der Waals surface area contributed by atoms with Gasteiger partial charge < -0.3 is 4.74 Å². The van der Waals surface area contributed by atoms with Crippen molar-refractivity contribution in [3.05, 3.63) is 40.3 Å². The molecule has 2 aromatic rings. The maximum absolute atomic E-state index is 12.6. The maximum atomic E-state index is 12.6. The Kier molecular flexibility index (Phi) is 8.79. The van der Waals surface area contributed by atoms with Crippen molar-refractivity contribution in [2.45, 2.75) is 53.0 Å². The number of aromatic nitrogens is 2. The molecule has 2 rings (SSSR count). The van der Waals surface area contributed by atoms with E-state index < -0.39 is 5.91 Å². The Labute approximate surface area is 170 Å². The Bertz CT molecular complexity index is 892. The first kappa shape index (κ1) is 22.5. The van der Waals surface area contributed by atoms with E-state index in [0.717, 1.165) is 19.3 Å². The van der Waals surface area contributed by atoms with Crippen LogP contribution in [0.2, 0.25) is 0 Å². The molecule has 0 aliphatic heterocycles. The minimum atomic E-state index is -0.568. The summed E-state index contributed by atoms with van der Waals surface area (Å²) in [6.45, 7) is 7.43. The number of hydrogen-bond acceptors (Lipinski definition) is 5. The van der Waals surface area contributed by atoms with Gasteiger partial charge in [0.1, 0.15) is 0 Å². The van der Waals surface area contributed by atoms with Crippen molar-refractivity contribution in [1.82, 2.24) is 20.6 Å². The van der Waals surface area contributed by atoms with Gasteiger partial charge in [-0.15, -0.1) is 0 Å². The molecule has 2 N–H and O–H groups in total. The summed E-state index contributed by atoms with van der Waals surface area (Å²) in [5, 5.41) is 5.14. The zero-order valence-electron chi connectivity index (χ0n) is 17.4. The van der Waals surface area contributed by atoms with Gasteiger partial charge in [0, 0.05) is 18.5 Å². The normalized spacial score (nSPS) is 11.0.